The van der Waals surface area contributed by atoms with Crippen molar-refractivity contribution < 1.29 is 0 Å². The molecule has 110 valence electrons. The molecule has 1 N–H and O–H groups in total. The molecular formula is C16H19N3S2. The zero-order valence-electron chi connectivity index (χ0n) is 12.7. The number of aryl methyl sites for hydroxylation is 1. The van der Waals surface area contributed by atoms with Crippen LogP contribution >= 0.6 is 23.1 Å². The summed E-state index contributed by atoms with van der Waals surface area (Å²) >= 11 is 3.17. The van der Waals surface area contributed by atoms with Crippen LogP contribution in [0.15, 0.2) is 32.8 Å². The molecule has 21 heavy (non-hydrogen) atoms. The second-order valence-electron chi connectivity index (χ2n) is 5.90. The number of nitrogens with one attached hydrogen (secondary N) is 1. The first-order valence-electron chi connectivity index (χ1n) is 6.75. The molecule has 0 spiro atoms. The summed E-state index contributed by atoms with van der Waals surface area (Å²) in [5, 5.41) is 14.8. The number of hydrogen-bond donors (Lipinski definition) is 1. The molecule has 0 aliphatic carbocycles. The van der Waals surface area contributed by atoms with Crippen LogP contribution in [0.2, 0.25) is 0 Å². The van der Waals surface area contributed by atoms with Crippen molar-refractivity contribution in [2.75, 3.05) is 0 Å². The van der Waals surface area contributed by atoms with Crippen molar-refractivity contribution in [3.63, 3.8) is 0 Å². The van der Waals surface area contributed by atoms with E-state index in [1.165, 1.54) is 0 Å². The van der Waals surface area contributed by atoms with E-state index in [2.05, 4.69) is 43.2 Å². The number of benzene rings is 1. The van der Waals surface area contributed by atoms with Crippen LogP contribution in [0.4, 0.5) is 0 Å². The minimum Gasteiger partial charge on any atom is -0.308 e. The molecule has 0 aliphatic rings. The first kappa shape index (κ1) is 16.0. The van der Waals surface area contributed by atoms with E-state index in [0.717, 1.165) is 27.0 Å². The molecule has 0 radical (unpaired) electrons. The number of aromatic nitrogens is 1. The molecule has 5 heteroatoms. The maximum absolute atomic E-state index is 9.35. The summed E-state index contributed by atoms with van der Waals surface area (Å²) in [7, 11) is 0. The van der Waals surface area contributed by atoms with Gasteiger partial charge in [-0.15, -0.1) is 11.3 Å². The lowest BCUT2D eigenvalue weighted by molar-refractivity contribution is 0.424. The van der Waals surface area contributed by atoms with E-state index in [1.807, 2.05) is 24.4 Å². The lowest BCUT2D eigenvalue weighted by atomic mass is 10.1. The van der Waals surface area contributed by atoms with E-state index in [0.29, 0.717) is 5.56 Å². The third-order valence-electron chi connectivity index (χ3n) is 2.78. The van der Waals surface area contributed by atoms with Gasteiger partial charge in [-0.1, -0.05) is 17.8 Å². The predicted molar refractivity (Wildman–Crippen MR) is 88.7 cm³/mol. The normalized spacial score (nSPS) is 11.4. The van der Waals surface area contributed by atoms with Crippen molar-refractivity contribution >= 4 is 23.1 Å². The average Bonchev–Trinajstić information content (AvgIpc) is 2.82. The van der Waals surface area contributed by atoms with Crippen LogP contribution in [0.1, 0.15) is 37.6 Å². The summed E-state index contributed by atoms with van der Waals surface area (Å²) in [6.45, 7) is 9.14. The molecule has 0 atom stereocenters. The van der Waals surface area contributed by atoms with Gasteiger partial charge in [0.05, 0.1) is 5.56 Å². The van der Waals surface area contributed by atoms with Gasteiger partial charge < -0.3 is 5.32 Å². The molecular weight excluding hydrogens is 298 g/mol. The fraction of sp³-hybridized carbons (Fsp3) is 0.375. The minimum atomic E-state index is 0.0681. The Morgan fingerprint density at radius 3 is 2.71 bits per heavy atom. The smallest absolute Gasteiger partial charge is 0.154 e. The summed E-state index contributed by atoms with van der Waals surface area (Å²) < 4.78 is 0.976. The highest BCUT2D eigenvalue weighted by molar-refractivity contribution is 8.01. The zero-order valence-corrected chi connectivity index (χ0v) is 14.4. The van der Waals surface area contributed by atoms with Gasteiger partial charge in [0.25, 0.3) is 0 Å². The van der Waals surface area contributed by atoms with E-state index < -0.39 is 0 Å². The molecule has 0 unspecified atom stereocenters. The van der Waals surface area contributed by atoms with Crippen molar-refractivity contribution in [2.45, 2.75) is 49.0 Å². The van der Waals surface area contributed by atoms with Crippen molar-refractivity contribution in [3.05, 3.63) is 40.4 Å². The first-order valence-corrected chi connectivity index (χ1v) is 8.45. The molecule has 1 aromatic heterocycles. The van der Waals surface area contributed by atoms with Crippen molar-refractivity contribution in [2.24, 2.45) is 0 Å². The Morgan fingerprint density at radius 2 is 2.14 bits per heavy atom. The molecule has 0 fully saturated rings. The Bertz CT molecular complexity index is 663. The maximum atomic E-state index is 9.35. The van der Waals surface area contributed by atoms with E-state index in [1.54, 1.807) is 23.1 Å². The van der Waals surface area contributed by atoms with Crippen LogP contribution in [-0.2, 0) is 6.54 Å². The number of nitrogens with zero attached hydrogens (tertiary/aromatic N) is 2. The maximum Gasteiger partial charge on any atom is 0.154 e. The van der Waals surface area contributed by atoms with Crippen LogP contribution < -0.4 is 5.32 Å². The Hall–Kier alpha value is -1.35. The van der Waals surface area contributed by atoms with Gasteiger partial charge in [-0.3, -0.25) is 0 Å². The minimum absolute atomic E-state index is 0.0681. The fourth-order valence-corrected chi connectivity index (χ4v) is 3.56. The highest BCUT2D eigenvalue weighted by atomic mass is 32.2. The molecule has 0 saturated heterocycles. The Kier molecular flexibility index (Phi) is 5.04. The van der Waals surface area contributed by atoms with Crippen molar-refractivity contribution in [1.29, 1.82) is 5.26 Å². The second-order valence-corrected chi connectivity index (χ2v) is 8.05. The fourth-order valence-electron chi connectivity index (χ4n) is 1.70. The Morgan fingerprint density at radius 1 is 1.38 bits per heavy atom. The number of rotatable bonds is 4. The SMILES string of the molecule is Cc1csc(Sc2ccc(CNC(C)(C)C)cc2C#N)n1. The first-order chi connectivity index (χ1) is 9.87. The molecule has 0 bridgehead atoms. The van der Waals surface area contributed by atoms with Gasteiger partial charge >= 0.3 is 0 Å². The van der Waals surface area contributed by atoms with Crippen molar-refractivity contribution in [3.8, 4) is 6.07 Å². The lowest BCUT2D eigenvalue weighted by Crippen LogP contribution is -2.35. The standard InChI is InChI=1S/C16H19N3S2/c1-11-10-20-15(19-11)21-14-6-5-12(7-13(14)8-17)9-18-16(2,3)4/h5-7,10,18H,9H2,1-4H3. The summed E-state index contributed by atoms with van der Waals surface area (Å²) in [5.74, 6) is 0. The zero-order chi connectivity index (χ0) is 15.5. The van der Waals surface area contributed by atoms with Gasteiger partial charge in [0.15, 0.2) is 4.34 Å². The number of thiazole rings is 1. The number of hydrogen-bond acceptors (Lipinski definition) is 5. The molecule has 0 saturated carbocycles. The van der Waals surface area contributed by atoms with Crippen LogP contribution in [-0.4, -0.2) is 10.5 Å². The molecule has 0 amide bonds. The summed E-state index contributed by atoms with van der Waals surface area (Å²) in [5.41, 5.74) is 2.92. The summed E-state index contributed by atoms with van der Waals surface area (Å²) in [6, 6.07) is 8.33. The van der Waals surface area contributed by atoms with Crippen LogP contribution in [0.5, 0.6) is 0 Å². The second kappa shape index (κ2) is 6.61. The van der Waals surface area contributed by atoms with Gasteiger partial charge in [0.1, 0.15) is 6.07 Å². The largest absolute Gasteiger partial charge is 0.308 e. The van der Waals surface area contributed by atoms with Crippen LogP contribution in [0.3, 0.4) is 0 Å². The summed E-state index contributed by atoms with van der Waals surface area (Å²) in [4.78, 5) is 5.40. The Balaban J connectivity index is 2.15. The van der Waals surface area contributed by atoms with Gasteiger partial charge in [-0.25, -0.2) is 4.98 Å². The van der Waals surface area contributed by atoms with Gasteiger partial charge in [-0.2, -0.15) is 5.26 Å². The van der Waals surface area contributed by atoms with Crippen molar-refractivity contribution in [1.82, 2.24) is 10.3 Å². The molecule has 0 aliphatic heterocycles. The molecule has 2 aromatic rings. The summed E-state index contributed by atoms with van der Waals surface area (Å²) in [6.07, 6.45) is 0. The van der Waals surface area contributed by atoms with Gasteiger partial charge in [0, 0.05) is 28.1 Å². The van der Waals surface area contributed by atoms with E-state index in [9.17, 15) is 5.26 Å². The van der Waals surface area contributed by atoms with E-state index in [-0.39, 0.29) is 5.54 Å². The average molecular weight is 317 g/mol. The van der Waals surface area contributed by atoms with Crippen LogP contribution in [0.25, 0.3) is 0 Å². The topological polar surface area (TPSA) is 48.7 Å². The van der Waals surface area contributed by atoms with E-state index >= 15 is 0 Å². The molecule has 3 nitrogen and oxygen atoms in total. The third kappa shape index (κ3) is 4.85. The molecule has 1 aromatic carbocycles. The third-order valence-corrected chi connectivity index (χ3v) is 4.91. The van der Waals surface area contributed by atoms with Crippen LogP contribution in [0, 0.1) is 18.3 Å². The lowest BCUT2D eigenvalue weighted by Gasteiger charge is -2.20. The number of nitriles is 1. The molecule has 2 rings (SSSR count). The predicted octanol–water partition coefficient (Wildman–Crippen LogP) is 4.36. The quantitative estimate of drug-likeness (QED) is 0.910. The van der Waals surface area contributed by atoms with E-state index in [4.69, 9.17) is 0 Å². The van der Waals surface area contributed by atoms with Gasteiger partial charge in [-0.05, 0) is 45.4 Å². The monoisotopic (exact) mass is 317 g/mol. The highest BCUT2D eigenvalue weighted by Crippen LogP contribution is 2.32. The van der Waals surface area contributed by atoms with Gasteiger partial charge in [0.2, 0.25) is 0 Å². The highest BCUT2D eigenvalue weighted by Gasteiger charge is 2.11. The molecule has 1 heterocycles. The Labute approximate surface area is 134 Å².